The highest BCUT2D eigenvalue weighted by atomic mass is 16.5. The second-order valence-corrected chi connectivity index (χ2v) is 3.81. The summed E-state index contributed by atoms with van der Waals surface area (Å²) in [6.07, 6.45) is 1.58. The van der Waals surface area contributed by atoms with Gasteiger partial charge < -0.3 is 14.5 Å². The predicted molar refractivity (Wildman–Crippen MR) is 68.4 cm³/mol. The molecule has 2 aromatic rings. The first kappa shape index (κ1) is 12.4. The molecule has 1 N–H and O–H groups in total. The zero-order valence-corrected chi connectivity index (χ0v) is 10.2. The Labute approximate surface area is 106 Å². The van der Waals surface area contributed by atoms with Crippen molar-refractivity contribution in [1.82, 2.24) is 5.32 Å². The van der Waals surface area contributed by atoms with Gasteiger partial charge in [-0.3, -0.25) is 4.79 Å². The molecule has 1 heterocycles. The van der Waals surface area contributed by atoms with Crippen LogP contribution in [-0.2, 0) is 4.74 Å². The lowest BCUT2D eigenvalue weighted by atomic mass is 10.1. The molecular formula is C14H15NO3. The number of nitrogens with one attached hydrogen (secondary N) is 1. The van der Waals surface area contributed by atoms with E-state index in [9.17, 15) is 4.79 Å². The topological polar surface area (TPSA) is 51.5 Å². The van der Waals surface area contributed by atoms with Crippen molar-refractivity contribution in [3.63, 3.8) is 0 Å². The zero-order valence-electron chi connectivity index (χ0n) is 10.2. The van der Waals surface area contributed by atoms with Crippen LogP contribution >= 0.6 is 0 Å². The van der Waals surface area contributed by atoms with Crippen molar-refractivity contribution in [3.8, 4) is 11.1 Å². The Kier molecular flexibility index (Phi) is 4.15. The second-order valence-electron chi connectivity index (χ2n) is 3.81. The number of amides is 1. The number of hydrogen-bond donors (Lipinski definition) is 1. The molecule has 0 fully saturated rings. The summed E-state index contributed by atoms with van der Waals surface area (Å²) < 4.78 is 10.1. The lowest BCUT2D eigenvalue weighted by Gasteiger charge is -2.00. The van der Waals surface area contributed by atoms with Gasteiger partial charge in [0.2, 0.25) is 0 Å². The zero-order chi connectivity index (χ0) is 12.8. The second kappa shape index (κ2) is 6.02. The molecule has 0 aliphatic heterocycles. The van der Waals surface area contributed by atoms with Gasteiger partial charge in [-0.05, 0) is 11.6 Å². The van der Waals surface area contributed by atoms with Gasteiger partial charge in [0.25, 0.3) is 5.91 Å². The largest absolute Gasteiger partial charge is 0.459 e. The van der Waals surface area contributed by atoms with Crippen molar-refractivity contribution in [2.45, 2.75) is 0 Å². The number of hydrogen-bond acceptors (Lipinski definition) is 3. The molecule has 94 valence electrons. The van der Waals surface area contributed by atoms with Gasteiger partial charge in [0.05, 0.1) is 12.9 Å². The highest BCUT2D eigenvalue weighted by Gasteiger charge is 2.11. The predicted octanol–water partition coefficient (Wildman–Crippen LogP) is 2.32. The van der Waals surface area contributed by atoms with Gasteiger partial charge in [-0.25, -0.2) is 0 Å². The van der Waals surface area contributed by atoms with Crippen LogP contribution in [0.3, 0.4) is 0 Å². The molecule has 2 rings (SSSR count). The summed E-state index contributed by atoms with van der Waals surface area (Å²) in [5.41, 5.74) is 1.92. The number of carbonyl (C=O) groups excluding carboxylic acids is 1. The Hall–Kier alpha value is -2.07. The molecule has 0 saturated carbocycles. The SMILES string of the molecule is COCCNC(=O)c1cc(-c2ccccc2)co1. The summed E-state index contributed by atoms with van der Waals surface area (Å²) in [5, 5.41) is 2.71. The molecule has 0 spiro atoms. The fraction of sp³-hybridized carbons (Fsp3) is 0.214. The number of methoxy groups -OCH3 is 1. The highest BCUT2D eigenvalue weighted by molar-refractivity contribution is 5.92. The molecule has 4 heteroatoms. The molecule has 4 nitrogen and oxygen atoms in total. The molecule has 0 aliphatic carbocycles. The van der Waals surface area contributed by atoms with Crippen LogP contribution in [0, 0.1) is 0 Å². The number of ether oxygens (including phenoxy) is 1. The van der Waals surface area contributed by atoms with Gasteiger partial charge in [0, 0.05) is 19.2 Å². The van der Waals surface area contributed by atoms with E-state index in [2.05, 4.69) is 5.32 Å². The molecule has 0 radical (unpaired) electrons. The molecule has 1 amide bonds. The van der Waals surface area contributed by atoms with E-state index in [1.54, 1.807) is 19.4 Å². The highest BCUT2D eigenvalue weighted by Crippen LogP contribution is 2.21. The van der Waals surface area contributed by atoms with Gasteiger partial charge >= 0.3 is 0 Å². The third kappa shape index (κ3) is 2.99. The molecular weight excluding hydrogens is 230 g/mol. The van der Waals surface area contributed by atoms with Crippen LogP contribution in [0.25, 0.3) is 11.1 Å². The fourth-order valence-corrected chi connectivity index (χ4v) is 1.59. The van der Waals surface area contributed by atoms with E-state index < -0.39 is 0 Å². The summed E-state index contributed by atoms with van der Waals surface area (Å²) in [4.78, 5) is 11.7. The van der Waals surface area contributed by atoms with Crippen LogP contribution in [0.15, 0.2) is 47.1 Å². The van der Waals surface area contributed by atoms with Gasteiger partial charge in [-0.2, -0.15) is 0 Å². The summed E-state index contributed by atoms with van der Waals surface area (Å²) in [5.74, 6) is 0.0826. The molecule has 0 unspecified atom stereocenters. The van der Waals surface area contributed by atoms with E-state index in [0.29, 0.717) is 18.9 Å². The van der Waals surface area contributed by atoms with E-state index in [-0.39, 0.29) is 5.91 Å². The Balaban J connectivity index is 2.04. The summed E-state index contributed by atoms with van der Waals surface area (Å²) in [7, 11) is 1.59. The van der Waals surface area contributed by atoms with Crippen LogP contribution in [0.2, 0.25) is 0 Å². The van der Waals surface area contributed by atoms with Crippen LogP contribution in [-0.4, -0.2) is 26.2 Å². The van der Waals surface area contributed by atoms with Crippen molar-refractivity contribution in [1.29, 1.82) is 0 Å². The summed E-state index contributed by atoms with van der Waals surface area (Å²) in [6.45, 7) is 0.953. The standard InChI is InChI=1S/C14H15NO3/c1-17-8-7-15-14(16)13-9-12(10-18-13)11-5-3-2-4-6-11/h2-6,9-10H,7-8H2,1H3,(H,15,16). The molecule has 18 heavy (non-hydrogen) atoms. The minimum atomic E-state index is -0.228. The van der Waals surface area contributed by atoms with E-state index in [0.717, 1.165) is 11.1 Å². The lowest BCUT2D eigenvalue weighted by molar-refractivity contribution is 0.0909. The molecule has 0 bridgehead atoms. The fourth-order valence-electron chi connectivity index (χ4n) is 1.59. The monoisotopic (exact) mass is 245 g/mol. The van der Waals surface area contributed by atoms with Gasteiger partial charge in [-0.15, -0.1) is 0 Å². The average Bonchev–Trinajstić information content (AvgIpc) is 2.89. The van der Waals surface area contributed by atoms with Crippen molar-refractivity contribution in [3.05, 3.63) is 48.4 Å². The van der Waals surface area contributed by atoms with Crippen LogP contribution in [0.4, 0.5) is 0 Å². The first-order valence-corrected chi connectivity index (χ1v) is 5.72. The number of rotatable bonds is 5. The summed E-state index contributed by atoms with van der Waals surface area (Å²) >= 11 is 0. The van der Waals surface area contributed by atoms with Gasteiger partial charge in [0.1, 0.15) is 0 Å². The van der Waals surface area contributed by atoms with E-state index in [1.807, 2.05) is 30.3 Å². The Bertz CT molecular complexity index is 505. The molecule has 1 aromatic heterocycles. The average molecular weight is 245 g/mol. The normalized spacial score (nSPS) is 10.3. The smallest absolute Gasteiger partial charge is 0.287 e. The summed E-state index contributed by atoms with van der Waals surface area (Å²) in [6, 6.07) is 11.5. The lowest BCUT2D eigenvalue weighted by Crippen LogP contribution is -2.26. The Morgan fingerprint density at radius 3 is 2.78 bits per heavy atom. The molecule has 0 atom stereocenters. The maximum atomic E-state index is 11.7. The number of furan rings is 1. The van der Waals surface area contributed by atoms with E-state index in [1.165, 1.54) is 0 Å². The van der Waals surface area contributed by atoms with Crippen molar-refractivity contribution in [2.75, 3.05) is 20.3 Å². The van der Waals surface area contributed by atoms with Crippen molar-refractivity contribution >= 4 is 5.91 Å². The molecule has 0 saturated heterocycles. The maximum Gasteiger partial charge on any atom is 0.287 e. The maximum absolute atomic E-state index is 11.7. The third-order valence-corrected chi connectivity index (χ3v) is 2.52. The minimum absolute atomic E-state index is 0.228. The van der Waals surface area contributed by atoms with Crippen molar-refractivity contribution < 1.29 is 13.9 Å². The van der Waals surface area contributed by atoms with E-state index in [4.69, 9.17) is 9.15 Å². The molecule has 1 aromatic carbocycles. The third-order valence-electron chi connectivity index (χ3n) is 2.52. The quantitative estimate of drug-likeness (QED) is 0.822. The van der Waals surface area contributed by atoms with Crippen LogP contribution < -0.4 is 5.32 Å². The number of benzene rings is 1. The van der Waals surface area contributed by atoms with Crippen molar-refractivity contribution in [2.24, 2.45) is 0 Å². The Morgan fingerprint density at radius 2 is 2.06 bits per heavy atom. The van der Waals surface area contributed by atoms with E-state index >= 15 is 0 Å². The van der Waals surface area contributed by atoms with Crippen LogP contribution in [0.5, 0.6) is 0 Å². The van der Waals surface area contributed by atoms with Gasteiger partial charge in [-0.1, -0.05) is 30.3 Å². The number of carbonyl (C=O) groups is 1. The molecule has 0 aliphatic rings. The van der Waals surface area contributed by atoms with Gasteiger partial charge in [0.15, 0.2) is 5.76 Å². The van der Waals surface area contributed by atoms with Crippen LogP contribution in [0.1, 0.15) is 10.6 Å². The first-order valence-electron chi connectivity index (χ1n) is 5.72. The first-order chi connectivity index (χ1) is 8.81. The minimum Gasteiger partial charge on any atom is -0.459 e. The Morgan fingerprint density at radius 1 is 1.28 bits per heavy atom.